The zero-order valence-electron chi connectivity index (χ0n) is 14.5. The summed E-state index contributed by atoms with van der Waals surface area (Å²) in [6.07, 6.45) is -0.606. The van der Waals surface area contributed by atoms with Crippen molar-refractivity contribution in [3.05, 3.63) is 35.1 Å². The Morgan fingerprint density at radius 2 is 1.79 bits per heavy atom. The van der Waals surface area contributed by atoms with Crippen molar-refractivity contribution in [2.24, 2.45) is 0 Å². The average Bonchev–Trinajstić information content (AvgIpc) is 2.66. The fraction of sp³-hybridized carbons (Fsp3) is 0.562. The minimum atomic E-state index is -4.43. The van der Waals surface area contributed by atoms with Gasteiger partial charge in [0.25, 0.3) is 0 Å². The molecule has 0 bridgehead atoms. The number of nitrogens with one attached hydrogen (secondary N) is 1. The summed E-state index contributed by atoms with van der Waals surface area (Å²) < 4.78 is 50.5. The number of likely N-dealkylation sites (N-methyl/N-ethyl adjacent to an activating group) is 1. The van der Waals surface area contributed by atoms with E-state index < -0.39 is 30.1 Å². The number of halogens is 3. The highest BCUT2D eigenvalue weighted by Gasteiger charge is 2.52. The summed E-state index contributed by atoms with van der Waals surface area (Å²) >= 11 is 0. The Morgan fingerprint density at radius 3 is 2.29 bits per heavy atom. The zero-order valence-corrected chi connectivity index (χ0v) is 14.5. The molecule has 132 valence electrons. The predicted molar refractivity (Wildman–Crippen MR) is 87.2 cm³/mol. The van der Waals surface area contributed by atoms with Crippen molar-refractivity contribution in [2.75, 3.05) is 13.6 Å². The van der Waals surface area contributed by atoms with Gasteiger partial charge in [-0.25, -0.2) is 0 Å². The molecule has 1 N–H and O–H groups in total. The zero-order chi connectivity index (χ0) is 18.2. The van der Waals surface area contributed by atoms with Gasteiger partial charge in [0.1, 0.15) is 0 Å². The van der Waals surface area contributed by atoms with Crippen LogP contribution in [0.25, 0.3) is 6.08 Å². The first-order valence-electron chi connectivity index (χ1n) is 7.69. The number of alkyl halides is 3. The molecule has 1 aliphatic rings. The van der Waals surface area contributed by atoms with Crippen LogP contribution in [0, 0.1) is 0 Å². The molecule has 0 spiro atoms. The van der Waals surface area contributed by atoms with Crippen LogP contribution in [0.2, 0.25) is 0 Å². The highest BCUT2D eigenvalue weighted by molar-refractivity contribution is 6.55. The van der Waals surface area contributed by atoms with Gasteiger partial charge in [-0.05, 0) is 51.8 Å². The van der Waals surface area contributed by atoms with Crippen molar-refractivity contribution < 1.29 is 22.5 Å². The van der Waals surface area contributed by atoms with E-state index in [9.17, 15) is 13.2 Å². The van der Waals surface area contributed by atoms with Crippen molar-refractivity contribution in [2.45, 2.75) is 45.1 Å². The van der Waals surface area contributed by atoms with Gasteiger partial charge < -0.3 is 14.6 Å². The third-order valence-electron chi connectivity index (χ3n) is 4.38. The molecule has 0 amide bonds. The maximum atomic E-state index is 12.8. The molecule has 8 heteroatoms. The Balaban J connectivity index is 2.33. The standard InChI is InChI=1S/C16H22BF3N2O2/c1-14(2)15(3,4)24-17(23-14)13(10-21-5)7-11-6-12(9-22-8-11)16(18,19)20/h6-9,21H,10H2,1-5H3. The highest BCUT2D eigenvalue weighted by Crippen LogP contribution is 2.39. The van der Waals surface area contributed by atoms with E-state index in [-0.39, 0.29) is 0 Å². The molecule has 2 heterocycles. The van der Waals surface area contributed by atoms with Crippen molar-refractivity contribution in [3.63, 3.8) is 0 Å². The Hall–Kier alpha value is -1.38. The second-order valence-electron chi connectivity index (χ2n) is 6.84. The van der Waals surface area contributed by atoms with E-state index in [1.165, 1.54) is 6.20 Å². The Morgan fingerprint density at radius 1 is 1.21 bits per heavy atom. The lowest BCUT2D eigenvalue weighted by Gasteiger charge is -2.32. The summed E-state index contributed by atoms with van der Waals surface area (Å²) in [5, 5.41) is 2.99. The SMILES string of the molecule is CNCC(=Cc1cncc(C(F)(F)F)c1)B1OC(C)(C)C(C)(C)O1. The molecule has 0 radical (unpaired) electrons. The van der Waals surface area contributed by atoms with Crippen molar-refractivity contribution >= 4 is 13.2 Å². The van der Waals surface area contributed by atoms with E-state index in [4.69, 9.17) is 9.31 Å². The van der Waals surface area contributed by atoms with Gasteiger partial charge in [0.2, 0.25) is 0 Å². The fourth-order valence-electron chi connectivity index (χ4n) is 2.31. The summed E-state index contributed by atoms with van der Waals surface area (Å²) in [4.78, 5) is 3.68. The predicted octanol–water partition coefficient (Wildman–Crippen LogP) is 3.33. The second kappa shape index (κ2) is 6.50. The Labute approximate surface area is 140 Å². The number of aromatic nitrogens is 1. The summed E-state index contributed by atoms with van der Waals surface area (Å²) in [5.74, 6) is 0. The van der Waals surface area contributed by atoms with Crippen LogP contribution in [0.5, 0.6) is 0 Å². The van der Waals surface area contributed by atoms with Crippen LogP contribution in [0.3, 0.4) is 0 Å². The molecule has 4 nitrogen and oxygen atoms in total. The fourth-order valence-corrected chi connectivity index (χ4v) is 2.31. The smallest absolute Gasteiger partial charge is 0.400 e. The lowest BCUT2D eigenvalue weighted by Crippen LogP contribution is -2.41. The molecular formula is C16H22BF3N2O2. The molecule has 0 aromatic carbocycles. The number of hydrogen-bond donors (Lipinski definition) is 1. The molecule has 24 heavy (non-hydrogen) atoms. The first-order valence-corrected chi connectivity index (χ1v) is 7.69. The molecule has 1 aromatic rings. The summed E-state index contributed by atoms with van der Waals surface area (Å²) in [6.45, 7) is 8.13. The topological polar surface area (TPSA) is 43.4 Å². The van der Waals surface area contributed by atoms with Gasteiger partial charge in [0, 0.05) is 18.9 Å². The molecule has 1 saturated heterocycles. The number of pyridine rings is 1. The van der Waals surface area contributed by atoms with E-state index in [2.05, 4.69) is 10.3 Å². The van der Waals surface area contributed by atoms with Crippen LogP contribution < -0.4 is 5.32 Å². The number of nitrogens with zero attached hydrogens (tertiary/aromatic N) is 1. The van der Waals surface area contributed by atoms with Gasteiger partial charge in [-0.3, -0.25) is 4.98 Å². The van der Waals surface area contributed by atoms with Crippen LogP contribution >= 0.6 is 0 Å². The van der Waals surface area contributed by atoms with E-state index in [1.807, 2.05) is 27.7 Å². The maximum absolute atomic E-state index is 12.8. The van der Waals surface area contributed by atoms with Crippen molar-refractivity contribution in [3.8, 4) is 0 Å². The molecule has 1 fully saturated rings. The van der Waals surface area contributed by atoms with Gasteiger partial charge in [-0.15, -0.1) is 0 Å². The first-order chi connectivity index (χ1) is 11.0. The monoisotopic (exact) mass is 342 g/mol. The van der Waals surface area contributed by atoms with E-state index in [0.717, 1.165) is 12.3 Å². The molecule has 1 aromatic heterocycles. The Bertz CT molecular complexity index is 614. The summed E-state index contributed by atoms with van der Waals surface area (Å²) in [6, 6.07) is 1.06. The van der Waals surface area contributed by atoms with Gasteiger partial charge in [0.15, 0.2) is 0 Å². The average molecular weight is 342 g/mol. The lowest BCUT2D eigenvalue weighted by atomic mass is 9.77. The van der Waals surface area contributed by atoms with Crippen LogP contribution in [0.15, 0.2) is 23.9 Å². The molecule has 2 rings (SSSR count). The van der Waals surface area contributed by atoms with E-state index in [0.29, 0.717) is 17.6 Å². The van der Waals surface area contributed by atoms with Gasteiger partial charge in [0.05, 0.1) is 16.8 Å². The largest absolute Gasteiger partial charge is 0.491 e. The molecule has 0 unspecified atom stereocenters. The molecule has 0 atom stereocenters. The summed E-state index contributed by atoms with van der Waals surface area (Å²) in [7, 11) is 1.13. The molecular weight excluding hydrogens is 320 g/mol. The third kappa shape index (κ3) is 3.99. The van der Waals surface area contributed by atoms with Crippen LogP contribution in [0.1, 0.15) is 38.8 Å². The van der Waals surface area contributed by atoms with Crippen molar-refractivity contribution in [1.29, 1.82) is 0 Å². The van der Waals surface area contributed by atoms with Crippen LogP contribution in [0.4, 0.5) is 13.2 Å². The van der Waals surface area contributed by atoms with E-state index >= 15 is 0 Å². The van der Waals surface area contributed by atoms with Gasteiger partial charge in [-0.2, -0.15) is 13.2 Å². The quantitative estimate of drug-likeness (QED) is 0.853. The second-order valence-corrected chi connectivity index (χ2v) is 6.84. The van der Waals surface area contributed by atoms with Crippen LogP contribution in [-0.2, 0) is 15.5 Å². The number of hydrogen-bond acceptors (Lipinski definition) is 4. The molecule has 1 aliphatic heterocycles. The van der Waals surface area contributed by atoms with Gasteiger partial charge >= 0.3 is 13.3 Å². The van der Waals surface area contributed by atoms with E-state index in [1.54, 1.807) is 13.1 Å². The summed E-state index contributed by atoms with van der Waals surface area (Å²) in [5.41, 5.74) is -0.760. The first kappa shape index (κ1) is 19.0. The third-order valence-corrected chi connectivity index (χ3v) is 4.38. The number of rotatable bonds is 4. The highest BCUT2D eigenvalue weighted by atomic mass is 19.4. The lowest BCUT2D eigenvalue weighted by molar-refractivity contribution is -0.137. The minimum Gasteiger partial charge on any atom is -0.400 e. The Kier molecular flexibility index (Phi) is 5.13. The normalized spacial score (nSPS) is 20.5. The molecule has 0 aliphatic carbocycles. The van der Waals surface area contributed by atoms with Crippen LogP contribution in [-0.4, -0.2) is 36.9 Å². The van der Waals surface area contributed by atoms with Crippen molar-refractivity contribution in [1.82, 2.24) is 10.3 Å². The minimum absolute atomic E-state index is 0.352. The molecule has 0 saturated carbocycles. The maximum Gasteiger partial charge on any atom is 0.491 e. The van der Waals surface area contributed by atoms with Gasteiger partial charge in [-0.1, -0.05) is 6.08 Å².